The van der Waals surface area contributed by atoms with Gasteiger partial charge >= 0.3 is 5.91 Å². The highest BCUT2D eigenvalue weighted by Gasteiger charge is 2.49. The number of rotatable bonds is 13. The maximum absolute atomic E-state index is 13.9. The van der Waals surface area contributed by atoms with Crippen molar-refractivity contribution in [2.45, 2.75) is 63.1 Å². The molecule has 10 nitrogen and oxygen atoms in total. The van der Waals surface area contributed by atoms with Gasteiger partial charge in [-0.05, 0) is 62.1 Å². The zero-order valence-electron chi connectivity index (χ0n) is 27.3. The van der Waals surface area contributed by atoms with Crippen molar-refractivity contribution in [3.63, 3.8) is 0 Å². The topological polar surface area (TPSA) is 119 Å². The minimum absolute atomic E-state index is 0.0862. The van der Waals surface area contributed by atoms with E-state index in [1.165, 1.54) is 28.0 Å². The quantitative estimate of drug-likeness (QED) is 0.0333. The summed E-state index contributed by atoms with van der Waals surface area (Å²) in [7, 11) is 0. The van der Waals surface area contributed by atoms with Crippen LogP contribution in [0.15, 0.2) is 76.8 Å². The van der Waals surface area contributed by atoms with Crippen molar-refractivity contribution in [2.24, 2.45) is 0 Å². The molecule has 1 aliphatic rings. The van der Waals surface area contributed by atoms with Crippen LogP contribution >= 0.6 is 23.1 Å². The molecule has 0 radical (unpaired) electrons. The Morgan fingerprint density at radius 1 is 0.979 bits per heavy atom. The molecule has 1 amide bonds. The maximum Gasteiger partial charge on any atom is 0.301 e. The Hall–Kier alpha value is -4.68. The lowest BCUT2D eigenvalue weighted by atomic mass is 9.96. The van der Waals surface area contributed by atoms with Gasteiger partial charge in [-0.15, -0.1) is 10.2 Å². The minimum atomic E-state index is -1.02. The first kappa shape index (κ1) is 33.2. The van der Waals surface area contributed by atoms with Gasteiger partial charge in [-0.2, -0.15) is 0 Å². The number of benzene rings is 2. The second kappa shape index (κ2) is 14.6. The lowest BCUT2D eigenvalue weighted by molar-refractivity contribution is -0.132. The molecule has 0 spiro atoms. The van der Waals surface area contributed by atoms with Crippen LogP contribution in [0.1, 0.15) is 67.2 Å². The van der Waals surface area contributed by atoms with Crippen LogP contribution in [0.25, 0.3) is 11.4 Å². The van der Waals surface area contributed by atoms with Gasteiger partial charge in [0, 0.05) is 11.9 Å². The molecule has 1 fully saturated rings. The second-order valence-electron chi connectivity index (χ2n) is 11.4. The average molecular weight is 684 g/mol. The molecule has 5 aromatic rings. The van der Waals surface area contributed by atoms with Gasteiger partial charge in [0.05, 0.1) is 30.5 Å². The molecule has 1 aliphatic heterocycles. The van der Waals surface area contributed by atoms with E-state index in [0.29, 0.717) is 51.7 Å². The average Bonchev–Trinajstić information content (AvgIpc) is 3.78. The molecule has 12 heteroatoms. The molecule has 0 aliphatic carbocycles. The third-order valence-electron chi connectivity index (χ3n) is 8.15. The highest BCUT2D eigenvalue weighted by Crippen LogP contribution is 2.46. The molecule has 6 rings (SSSR count). The van der Waals surface area contributed by atoms with Crippen molar-refractivity contribution in [3.05, 3.63) is 101 Å². The number of carbonyl (C=O) groups excluding carboxylic acids is 2. The van der Waals surface area contributed by atoms with Crippen molar-refractivity contribution in [1.82, 2.24) is 19.6 Å². The van der Waals surface area contributed by atoms with Gasteiger partial charge < -0.3 is 19.0 Å². The number of unbranched alkanes of at least 4 members (excludes halogenated alkanes) is 2. The second-order valence-corrected chi connectivity index (χ2v) is 13.6. The third kappa shape index (κ3) is 6.54. The molecule has 1 unspecified atom stereocenters. The van der Waals surface area contributed by atoms with Gasteiger partial charge in [-0.25, -0.2) is 4.98 Å². The molecule has 48 heavy (non-hydrogen) atoms. The molecule has 3 aromatic heterocycles. The first-order valence-electron chi connectivity index (χ1n) is 16.0. The zero-order chi connectivity index (χ0) is 33.8. The van der Waals surface area contributed by atoms with E-state index in [9.17, 15) is 14.7 Å². The Bertz CT molecular complexity index is 1990. The molecule has 2 aromatic carbocycles. The number of aliphatic hydroxyl groups excluding tert-OH is 1. The summed E-state index contributed by atoms with van der Waals surface area (Å²) in [5.41, 5.74) is 4.00. The minimum Gasteiger partial charge on any atom is -0.505 e. The van der Waals surface area contributed by atoms with Gasteiger partial charge in [-0.3, -0.25) is 14.5 Å². The fourth-order valence-corrected chi connectivity index (χ4v) is 7.54. The summed E-state index contributed by atoms with van der Waals surface area (Å²) in [6.45, 7) is 8.67. The summed E-state index contributed by atoms with van der Waals surface area (Å²) in [5, 5.41) is 20.8. The van der Waals surface area contributed by atoms with E-state index in [0.717, 1.165) is 30.4 Å². The number of pyridine rings is 1. The van der Waals surface area contributed by atoms with Gasteiger partial charge in [0.2, 0.25) is 5.13 Å². The Labute approximate surface area is 287 Å². The SMILES string of the molecule is CCCCCOc1ccc(C2C(=C(O)c3nc4c(C)cccn4c3C)C(=O)C(=O)N2c2nnc(SCc3ccccc3)s2)cc1OCC. The van der Waals surface area contributed by atoms with E-state index in [1.807, 2.05) is 73.8 Å². The summed E-state index contributed by atoms with van der Waals surface area (Å²) >= 11 is 2.71. The number of fused-ring (bicyclic) bond motifs is 1. The van der Waals surface area contributed by atoms with E-state index in [1.54, 1.807) is 18.2 Å². The van der Waals surface area contributed by atoms with E-state index in [4.69, 9.17) is 14.5 Å². The normalized spacial score (nSPS) is 15.8. The number of carbonyl (C=O) groups is 2. The number of amides is 1. The molecule has 0 saturated carbocycles. The molecule has 248 valence electrons. The smallest absolute Gasteiger partial charge is 0.301 e. The van der Waals surface area contributed by atoms with Crippen LogP contribution in [0.3, 0.4) is 0 Å². The van der Waals surface area contributed by atoms with Crippen LogP contribution in [0.5, 0.6) is 11.5 Å². The van der Waals surface area contributed by atoms with E-state index >= 15 is 0 Å². The molecule has 4 heterocycles. The zero-order valence-corrected chi connectivity index (χ0v) is 28.9. The Morgan fingerprint density at radius 2 is 1.79 bits per heavy atom. The highest BCUT2D eigenvalue weighted by molar-refractivity contribution is 8.00. The predicted molar refractivity (Wildman–Crippen MR) is 188 cm³/mol. The van der Waals surface area contributed by atoms with Crippen LogP contribution in [-0.4, -0.2) is 49.6 Å². The third-order valence-corrected chi connectivity index (χ3v) is 10.3. The number of aryl methyl sites for hydroxylation is 2. The fourth-order valence-electron chi connectivity index (χ4n) is 5.71. The number of hydrogen-bond donors (Lipinski definition) is 1. The number of thioether (sulfide) groups is 1. The number of aromatic nitrogens is 4. The largest absolute Gasteiger partial charge is 0.505 e. The van der Waals surface area contributed by atoms with Gasteiger partial charge in [0.25, 0.3) is 5.78 Å². The van der Waals surface area contributed by atoms with Gasteiger partial charge in [0.15, 0.2) is 21.6 Å². The summed E-state index contributed by atoms with van der Waals surface area (Å²) in [5.74, 6) is -0.293. The monoisotopic (exact) mass is 683 g/mol. The first-order valence-corrected chi connectivity index (χ1v) is 17.8. The Morgan fingerprint density at radius 3 is 2.54 bits per heavy atom. The Kier molecular flexibility index (Phi) is 10.1. The summed E-state index contributed by atoms with van der Waals surface area (Å²) in [4.78, 5) is 33.9. The van der Waals surface area contributed by atoms with E-state index in [2.05, 4.69) is 17.1 Å². The fraction of sp³-hybridized carbons (Fsp3) is 0.306. The molecule has 1 N–H and O–H groups in total. The number of anilines is 1. The van der Waals surface area contributed by atoms with Crippen molar-refractivity contribution >= 4 is 51.3 Å². The van der Waals surface area contributed by atoms with Crippen LogP contribution in [-0.2, 0) is 15.3 Å². The number of ketones is 1. The van der Waals surface area contributed by atoms with Crippen molar-refractivity contribution in [3.8, 4) is 11.5 Å². The first-order chi connectivity index (χ1) is 23.3. The van der Waals surface area contributed by atoms with Crippen molar-refractivity contribution in [2.75, 3.05) is 18.1 Å². The van der Waals surface area contributed by atoms with Crippen molar-refractivity contribution in [1.29, 1.82) is 0 Å². The number of ether oxygens (including phenoxy) is 2. The van der Waals surface area contributed by atoms with E-state index in [-0.39, 0.29) is 22.2 Å². The maximum atomic E-state index is 13.9. The van der Waals surface area contributed by atoms with Crippen molar-refractivity contribution < 1.29 is 24.2 Å². The predicted octanol–water partition coefficient (Wildman–Crippen LogP) is 7.69. The lowest BCUT2D eigenvalue weighted by Crippen LogP contribution is -2.29. The number of hydrogen-bond acceptors (Lipinski definition) is 10. The van der Waals surface area contributed by atoms with Crippen LogP contribution in [0.4, 0.5) is 5.13 Å². The van der Waals surface area contributed by atoms with Gasteiger partial charge in [-0.1, -0.05) is 85.3 Å². The molecular weight excluding hydrogens is 647 g/mol. The molecular formula is C36H37N5O5S2. The summed E-state index contributed by atoms with van der Waals surface area (Å²) < 4.78 is 14.5. The number of imidazole rings is 1. The number of aliphatic hydroxyl groups is 1. The molecule has 0 bridgehead atoms. The lowest BCUT2D eigenvalue weighted by Gasteiger charge is -2.23. The summed E-state index contributed by atoms with van der Waals surface area (Å²) in [6.07, 6.45) is 4.87. The molecule has 1 saturated heterocycles. The van der Waals surface area contributed by atoms with Crippen LogP contribution < -0.4 is 14.4 Å². The van der Waals surface area contributed by atoms with Gasteiger partial charge in [0.1, 0.15) is 11.3 Å². The number of Topliss-reactive ketones (excluding diaryl/α,β-unsaturated/α-hetero) is 1. The Balaban J connectivity index is 1.45. The van der Waals surface area contributed by atoms with E-state index < -0.39 is 17.7 Å². The number of nitrogens with zero attached hydrogens (tertiary/aromatic N) is 5. The van der Waals surface area contributed by atoms with Crippen LogP contribution in [0.2, 0.25) is 0 Å². The molecule has 1 atom stereocenters. The van der Waals surface area contributed by atoms with Crippen LogP contribution in [0, 0.1) is 13.8 Å². The summed E-state index contributed by atoms with van der Waals surface area (Å²) in [6, 6.07) is 18.1. The standard InChI is InChI=1S/C36H37N5O5S2/c1-5-7-11-19-46-26-17-16-25(20-27(26)45-6-2)30-28(31(42)29-23(4)40-18-12-13-22(3)33(40)37-29)32(43)34(44)41(30)35-38-39-36(48-35)47-21-24-14-9-8-10-15-24/h8-10,12-18,20,30,42H,5-7,11,19,21H2,1-4H3. The highest BCUT2D eigenvalue weighted by atomic mass is 32.2.